The van der Waals surface area contributed by atoms with Crippen LogP contribution in [-0.2, 0) is 19.3 Å². The van der Waals surface area contributed by atoms with E-state index in [2.05, 4.69) is 22.0 Å². The van der Waals surface area contributed by atoms with Gasteiger partial charge >= 0.3 is 0 Å². The summed E-state index contributed by atoms with van der Waals surface area (Å²) in [5.41, 5.74) is 4.31. The summed E-state index contributed by atoms with van der Waals surface area (Å²) in [6.45, 7) is 3.95. The van der Waals surface area contributed by atoms with Crippen molar-refractivity contribution in [3.63, 3.8) is 0 Å². The number of nitrogens with zero attached hydrogens (tertiary/aromatic N) is 3. The maximum atomic E-state index is 11.6. The lowest BCUT2D eigenvalue weighted by Gasteiger charge is -2.10. The van der Waals surface area contributed by atoms with Crippen molar-refractivity contribution in [2.45, 2.75) is 46.0 Å². The second kappa shape index (κ2) is 4.64. The zero-order valence-electron chi connectivity index (χ0n) is 11.4. The maximum absolute atomic E-state index is 11.6. The largest absolute Gasteiger partial charge is 0.291 e. The topological polar surface area (TPSA) is 63.6 Å². The third kappa shape index (κ3) is 2.09. The van der Waals surface area contributed by atoms with E-state index >= 15 is 0 Å². The summed E-state index contributed by atoms with van der Waals surface area (Å²) in [5.74, 6) is 0.538. The third-order valence-electron chi connectivity index (χ3n) is 3.66. The van der Waals surface area contributed by atoms with Gasteiger partial charge in [0, 0.05) is 11.8 Å². The van der Waals surface area contributed by atoms with Crippen LogP contribution in [0.15, 0.2) is 10.9 Å². The Bertz CT molecular complexity index is 669. The smallest absolute Gasteiger partial charge is 0.252 e. The van der Waals surface area contributed by atoms with E-state index in [0.717, 1.165) is 19.3 Å². The minimum Gasteiger partial charge on any atom is -0.291 e. The summed E-state index contributed by atoms with van der Waals surface area (Å²) < 4.78 is 1.82. The first-order chi connectivity index (χ1) is 9.19. The van der Waals surface area contributed by atoms with Crippen LogP contribution in [0.4, 0.5) is 0 Å². The lowest BCUT2D eigenvalue weighted by atomic mass is 9.95. The molecule has 0 spiro atoms. The van der Waals surface area contributed by atoms with E-state index in [1.165, 1.54) is 35.9 Å². The van der Waals surface area contributed by atoms with E-state index in [9.17, 15) is 4.79 Å². The Kier molecular flexibility index (Phi) is 2.97. The molecular formula is C14H18N4O. The van der Waals surface area contributed by atoms with Crippen molar-refractivity contribution < 1.29 is 0 Å². The van der Waals surface area contributed by atoms with Crippen LogP contribution in [0.25, 0.3) is 5.95 Å². The van der Waals surface area contributed by atoms with Crippen LogP contribution < -0.4 is 5.56 Å². The molecule has 2 aromatic rings. The zero-order chi connectivity index (χ0) is 13.4. The van der Waals surface area contributed by atoms with E-state index in [0.29, 0.717) is 11.6 Å². The summed E-state index contributed by atoms with van der Waals surface area (Å²) in [4.78, 5) is 18.8. The van der Waals surface area contributed by atoms with Gasteiger partial charge in [0.15, 0.2) is 0 Å². The molecule has 0 amide bonds. The molecule has 1 aliphatic carbocycles. The molecule has 0 aromatic carbocycles. The second-order valence-electron chi connectivity index (χ2n) is 5.05. The number of aryl methyl sites for hydroxylation is 2. The van der Waals surface area contributed by atoms with Gasteiger partial charge in [-0.3, -0.25) is 9.78 Å². The normalized spacial score (nSPS) is 14.4. The fourth-order valence-electron chi connectivity index (χ4n) is 2.82. The third-order valence-corrected chi connectivity index (χ3v) is 3.66. The van der Waals surface area contributed by atoms with Crippen LogP contribution >= 0.6 is 0 Å². The number of aromatic amines is 1. The quantitative estimate of drug-likeness (QED) is 0.891. The van der Waals surface area contributed by atoms with Gasteiger partial charge < -0.3 is 0 Å². The van der Waals surface area contributed by atoms with E-state index in [1.807, 2.05) is 11.6 Å². The van der Waals surface area contributed by atoms with E-state index in [4.69, 9.17) is 0 Å². The van der Waals surface area contributed by atoms with Crippen LogP contribution in [0.2, 0.25) is 0 Å². The van der Waals surface area contributed by atoms with Gasteiger partial charge in [-0.25, -0.2) is 9.67 Å². The first kappa shape index (κ1) is 12.1. The van der Waals surface area contributed by atoms with E-state index in [1.54, 1.807) is 0 Å². The Labute approximate surface area is 111 Å². The molecule has 0 aliphatic heterocycles. The number of aromatic nitrogens is 4. The molecule has 3 rings (SSSR count). The molecule has 100 valence electrons. The van der Waals surface area contributed by atoms with Gasteiger partial charge in [0.25, 0.3) is 5.56 Å². The Hall–Kier alpha value is -1.91. The van der Waals surface area contributed by atoms with Crippen LogP contribution in [0, 0.1) is 6.92 Å². The first-order valence-electron chi connectivity index (χ1n) is 6.87. The maximum Gasteiger partial charge on any atom is 0.252 e. The molecule has 0 fully saturated rings. The van der Waals surface area contributed by atoms with Gasteiger partial charge in [-0.15, -0.1) is 0 Å². The molecule has 5 heteroatoms. The lowest BCUT2D eigenvalue weighted by molar-refractivity contribution is 0.668. The van der Waals surface area contributed by atoms with Crippen molar-refractivity contribution in [3.05, 3.63) is 39.1 Å². The molecular weight excluding hydrogens is 240 g/mol. The minimum atomic E-state index is -0.127. The molecule has 0 saturated carbocycles. The van der Waals surface area contributed by atoms with Crippen molar-refractivity contribution >= 4 is 0 Å². The fourth-order valence-corrected chi connectivity index (χ4v) is 2.82. The molecule has 1 N–H and O–H groups in total. The van der Waals surface area contributed by atoms with Crippen molar-refractivity contribution in [2.75, 3.05) is 0 Å². The Morgan fingerprint density at radius 1 is 1.37 bits per heavy atom. The monoisotopic (exact) mass is 258 g/mol. The number of hydrogen-bond acceptors (Lipinski definition) is 3. The first-order valence-corrected chi connectivity index (χ1v) is 6.87. The van der Waals surface area contributed by atoms with Crippen molar-refractivity contribution in [1.82, 2.24) is 19.7 Å². The SMILES string of the molecule is CCc1c2c(nn1-c1nc(C)cc(=O)[nH]1)CCCC2. The number of rotatable bonds is 2. The van der Waals surface area contributed by atoms with Gasteiger partial charge in [-0.05, 0) is 44.6 Å². The summed E-state index contributed by atoms with van der Waals surface area (Å²) in [6.07, 6.45) is 5.45. The van der Waals surface area contributed by atoms with Crippen LogP contribution in [-0.4, -0.2) is 19.7 Å². The molecule has 2 aromatic heterocycles. The van der Waals surface area contributed by atoms with Crippen molar-refractivity contribution in [3.8, 4) is 5.95 Å². The highest BCUT2D eigenvalue weighted by atomic mass is 16.1. The molecule has 0 unspecified atom stereocenters. The Morgan fingerprint density at radius 3 is 2.89 bits per heavy atom. The predicted octanol–water partition coefficient (Wildman–Crippen LogP) is 1.71. The van der Waals surface area contributed by atoms with E-state index < -0.39 is 0 Å². The summed E-state index contributed by atoms with van der Waals surface area (Å²) in [6, 6.07) is 1.50. The lowest BCUT2D eigenvalue weighted by Crippen LogP contribution is -2.15. The highest BCUT2D eigenvalue weighted by Gasteiger charge is 2.21. The molecule has 0 radical (unpaired) electrons. The van der Waals surface area contributed by atoms with Gasteiger partial charge in [0.05, 0.1) is 11.4 Å². The molecule has 0 bridgehead atoms. The predicted molar refractivity (Wildman–Crippen MR) is 72.7 cm³/mol. The Balaban J connectivity index is 2.19. The molecule has 2 heterocycles. The molecule has 5 nitrogen and oxygen atoms in total. The summed E-state index contributed by atoms with van der Waals surface area (Å²) >= 11 is 0. The van der Waals surface area contributed by atoms with Crippen LogP contribution in [0.1, 0.15) is 42.4 Å². The highest BCUT2D eigenvalue weighted by molar-refractivity contribution is 5.33. The van der Waals surface area contributed by atoms with Crippen LogP contribution in [0.5, 0.6) is 0 Å². The van der Waals surface area contributed by atoms with E-state index in [-0.39, 0.29) is 5.56 Å². The summed E-state index contributed by atoms with van der Waals surface area (Å²) in [7, 11) is 0. The number of H-pyrrole nitrogens is 1. The Morgan fingerprint density at radius 2 is 2.16 bits per heavy atom. The van der Waals surface area contributed by atoms with Gasteiger partial charge in [-0.2, -0.15) is 5.10 Å². The van der Waals surface area contributed by atoms with Crippen molar-refractivity contribution in [1.29, 1.82) is 0 Å². The molecule has 19 heavy (non-hydrogen) atoms. The highest BCUT2D eigenvalue weighted by Crippen LogP contribution is 2.25. The molecule has 0 atom stereocenters. The molecule has 1 aliphatic rings. The molecule has 0 saturated heterocycles. The van der Waals surface area contributed by atoms with Crippen molar-refractivity contribution in [2.24, 2.45) is 0 Å². The standard InChI is InChI=1S/C14H18N4O/c1-3-12-10-6-4-5-7-11(10)17-18(12)14-15-9(2)8-13(19)16-14/h8H,3-7H2,1-2H3,(H,15,16,19). The number of hydrogen-bond donors (Lipinski definition) is 1. The summed E-state index contributed by atoms with van der Waals surface area (Å²) in [5, 5.41) is 4.66. The van der Waals surface area contributed by atoms with Gasteiger partial charge in [0.1, 0.15) is 0 Å². The fraction of sp³-hybridized carbons (Fsp3) is 0.500. The van der Waals surface area contributed by atoms with Gasteiger partial charge in [-0.1, -0.05) is 6.92 Å². The average molecular weight is 258 g/mol. The second-order valence-corrected chi connectivity index (χ2v) is 5.05. The zero-order valence-corrected chi connectivity index (χ0v) is 11.4. The minimum absolute atomic E-state index is 0.127. The van der Waals surface area contributed by atoms with Gasteiger partial charge in [0.2, 0.25) is 5.95 Å². The average Bonchev–Trinajstić information content (AvgIpc) is 2.76. The number of nitrogens with one attached hydrogen (secondary N) is 1. The number of fused-ring (bicyclic) bond motifs is 1. The van der Waals surface area contributed by atoms with Crippen LogP contribution in [0.3, 0.4) is 0 Å².